The zero-order chi connectivity index (χ0) is 61.6. The van der Waals surface area contributed by atoms with E-state index in [4.69, 9.17) is 0 Å². The maximum atomic E-state index is 13.3. The third-order valence-electron chi connectivity index (χ3n) is 11.8. The van der Waals surface area contributed by atoms with Crippen molar-refractivity contribution in [1.82, 2.24) is 0 Å². The summed E-state index contributed by atoms with van der Waals surface area (Å²) in [5.74, 6) is -3.18. The first kappa shape index (κ1) is 83.0. The predicted octanol–water partition coefficient (Wildman–Crippen LogP) is -11.8. The molecule has 0 heterocycles. The van der Waals surface area contributed by atoms with E-state index in [1.165, 1.54) is 97.1 Å². The van der Waals surface area contributed by atoms with Crippen LogP contribution >= 0.6 is 0 Å². The van der Waals surface area contributed by atoms with Gasteiger partial charge in [0.15, 0.2) is 0 Å². The van der Waals surface area contributed by atoms with E-state index in [9.17, 15) is 102 Å². The maximum Gasteiger partial charge on any atom is 1.00 e. The van der Waals surface area contributed by atoms with E-state index in [0.29, 0.717) is 36.4 Å². The van der Waals surface area contributed by atoms with Gasteiger partial charge in [0.05, 0.1) is 21.2 Å². The van der Waals surface area contributed by atoms with Crippen molar-refractivity contribution in [2.75, 3.05) is 31.9 Å². The molecule has 0 aliphatic heterocycles. The van der Waals surface area contributed by atoms with E-state index >= 15 is 0 Å². The summed E-state index contributed by atoms with van der Waals surface area (Å²) in [6, 6.07) is 25.3. The third kappa shape index (κ3) is 20.5. The Morgan fingerprint density at radius 1 is 0.267 bits per heavy atom. The molecule has 29 nitrogen and oxygen atoms in total. The summed E-state index contributed by atoms with van der Waals surface area (Å²) < 4.78 is 204. The number of nitrogens with one attached hydrogen (secondary N) is 6. The van der Waals surface area contributed by atoms with E-state index < -0.39 is 153 Å². The summed E-state index contributed by atoms with van der Waals surface area (Å²) in [5.41, 5.74) is -0.118. The minimum Gasteiger partial charge on any atom is -0.322 e. The topological polar surface area (TPSA) is 484 Å². The van der Waals surface area contributed by atoms with E-state index in [1.54, 1.807) is 0 Å². The van der Waals surface area contributed by atoms with Crippen LogP contribution in [0.25, 0.3) is 21.5 Å². The Morgan fingerprint density at radius 2 is 0.500 bits per heavy atom. The fourth-order valence-corrected chi connectivity index (χ4v) is 12.1. The van der Waals surface area contributed by atoms with Crippen LogP contribution in [0.1, 0.15) is 41.4 Å². The summed E-state index contributed by atoms with van der Waals surface area (Å²) in [6.45, 7) is 0. The first-order valence-corrected chi connectivity index (χ1v) is 31.4. The fraction of sp³-hybridized carbons (Fsp3) is 0. The summed E-state index contributed by atoms with van der Waals surface area (Å²) in [7, 11) is -31.6. The minimum atomic E-state index is -5.40. The number of hydrogen-bond acceptors (Lipinski definition) is 17. The summed E-state index contributed by atoms with van der Waals surface area (Å²) >= 11 is 0. The molecule has 6 amide bonds. The molecule has 90 heavy (non-hydrogen) atoms. The fourth-order valence-electron chi connectivity index (χ4n) is 8.06. The van der Waals surface area contributed by atoms with Gasteiger partial charge in [0.25, 0.3) is 84.3 Å². The van der Waals surface area contributed by atoms with Gasteiger partial charge in [-0.2, -0.15) is 50.5 Å². The molecular weight excluding hydrogens is 1370 g/mol. The van der Waals surface area contributed by atoms with Crippen LogP contribution in [-0.2, 0) is 60.7 Å². The van der Waals surface area contributed by atoms with Crippen LogP contribution in [-0.4, -0.2) is 107 Å². The summed E-state index contributed by atoms with van der Waals surface area (Å²) in [6.07, 6.45) is 0. The van der Waals surface area contributed by atoms with Crippen molar-refractivity contribution in [2.45, 2.75) is 29.4 Å². The molecule has 0 aliphatic carbocycles. The van der Waals surface area contributed by atoms with Crippen LogP contribution in [0.5, 0.6) is 0 Å². The molecule has 12 N–H and O–H groups in total. The molecule has 0 fully saturated rings. The van der Waals surface area contributed by atoms with Gasteiger partial charge in [0.1, 0.15) is 19.6 Å². The molecule has 0 radical (unpaired) electrons. The van der Waals surface area contributed by atoms with Gasteiger partial charge in [0, 0.05) is 66.5 Å². The van der Waals surface area contributed by atoms with Crippen LogP contribution < -0.4 is 209 Å². The van der Waals surface area contributed by atoms with Gasteiger partial charge in [-0.15, -0.1) is 0 Å². The number of hydrogen-bond donors (Lipinski definition) is 12. The number of rotatable bonds is 16. The molecule has 0 spiro atoms. The predicted molar refractivity (Wildman–Crippen MR) is 297 cm³/mol. The van der Waals surface area contributed by atoms with Gasteiger partial charge < -0.3 is 31.9 Å². The van der Waals surface area contributed by atoms with Crippen molar-refractivity contribution in [3.8, 4) is 0 Å². The Labute approximate surface area is 644 Å². The van der Waals surface area contributed by atoms with Crippen LogP contribution in [0, 0.1) is 0 Å². The normalized spacial score (nSPS) is 11.4. The average molecular weight is 1410 g/mol. The van der Waals surface area contributed by atoms with Crippen LogP contribution in [0.3, 0.4) is 0 Å². The first-order chi connectivity index (χ1) is 38.9. The van der Waals surface area contributed by atoms with Gasteiger partial charge in [-0.25, -0.2) is 4.79 Å². The molecule has 8 aromatic carbocycles. The van der Waals surface area contributed by atoms with Gasteiger partial charge in [-0.1, -0.05) is 0 Å². The van der Waals surface area contributed by atoms with Gasteiger partial charge in [0.2, 0.25) is 0 Å². The van der Waals surface area contributed by atoms with Gasteiger partial charge in [-0.05, 0) is 146 Å². The van der Waals surface area contributed by atoms with Crippen LogP contribution in [0.2, 0.25) is 0 Å². The Kier molecular flexibility index (Phi) is 30.0. The Bertz CT molecular complexity index is 4560. The molecule has 0 unspecified atom stereocenters. The molecule has 0 bridgehead atoms. The number of fused-ring (bicyclic) bond motifs is 2. The van der Waals surface area contributed by atoms with E-state index in [0.717, 1.165) is 12.1 Å². The Morgan fingerprint density at radius 3 is 0.733 bits per heavy atom. The molecule has 8 aromatic rings. The van der Waals surface area contributed by atoms with E-state index in [2.05, 4.69) is 31.9 Å². The number of anilines is 6. The largest absolute Gasteiger partial charge is 1.00 e. The second kappa shape index (κ2) is 32.6. The monoisotopic (exact) mass is 1410 g/mol. The van der Waals surface area contributed by atoms with Crippen molar-refractivity contribution >= 4 is 146 Å². The van der Waals surface area contributed by atoms with Crippen molar-refractivity contribution in [3.63, 3.8) is 0 Å². The minimum absolute atomic E-state index is 0. The SMILES string of the molecule is O=C(Nc1ccc(C(=O)Nc2ccc(C(=O)Nc3ccc(S(=O)(=O)O)c4cc(S(=O)(=O)O)cc(S(=O)(=O)O)c34)cc2)cc1)Nc1ccc(C(=O)Nc2ccc(C(=O)Nc3ccc(S(=O)(=O)O)c4cc(S(=O)(=O)O)cc(S(=O)(=O)O)c34)cc2)cc1.[Na+].[Na+].[Na+].[Na+].[Na+].[Na+]. The maximum absolute atomic E-state index is 13.3. The molecule has 0 aliphatic rings. The zero-order valence-corrected chi connectivity index (χ0v) is 64.3. The third-order valence-corrected chi connectivity index (χ3v) is 17.1. The average Bonchev–Trinajstić information content (AvgIpc) is 0.759. The number of urea groups is 1. The molecule has 0 atom stereocenters. The standard InChI is InChI=1S/C49H36N6O23S6.6Na/c56-45(50-29-9-1-27(2-10-29)47(58)54-37-17-19-39(81(67,68)69)35-21-33(79(61,62)63)23-41(43(35)37)83(73,74)75)25-5-13-31(14-6-25)52-49(60)53-32-15-7-26(8-16-32)46(57)51-30-11-3-28(4-12-30)48(59)55-38-18-20-40(82(70,71)72)36-22-34(80(64,65)66)24-42(44(36)38)84(76,77)78;;;;;;/h1-24H,(H,50,56)(H,51,57)(H,54,58)(H,55,59)(H2,52,53,60)(H,61,62,63)(H,64,65,66)(H,67,68,69)(H,70,71,72)(H,73,74,75)(H,76,77,78);;;;;;/q;6*+1. The Balaban J connectivity index is 0.00000460. The van der Waals surface area contributed by atoms with Gasteiger partial charge in [-0.3, -0.25) is 46.5 Å². The molecule has 0 saturated heterocycles. The van der Waals surface area contributed by atoms with E-state index in [-0.39, 0.29) is 222 Å². The smallest absolute Gasteiger partial charge is 0.322 e. The van der Waals surface area contributed by atoms with Crippen molar-refractivity contribution in [1.29, 1.82) is 0 Å². The van der Waals surface area contributed by atoms with Crippen molar-refractivity contribution in [3.05, 3.63) is 168 Å². The number of carbonyl (C=O) groups is 5. The molecule has 0 aromatic heterocycles. The first-order valence-electron chi connectivity index (χ1n) is 22.8. The van der Waals surface area contributed by atoms with Crippen molar-refractivity contribution in [2.24, 2.45) is 0 Å². The summed E-state index contributed by atoms with van der Waals surface area (Å²) in [4.78, 5) is 58.8. The van der Waals surface area contributed by atoms with E-state index in [1.807, 2.05) is 0 Å². The number of amides is 6. The summed E-state index contributed by atoms with van der Waals surface area (Å²) in [5, 5.41) is 11.8. The molecule has 41 heteroatoms. The Hall–Kier alpha value is -3.11. The second-order valence-electron chi connectivity index (χ2n) is 17.5. The molecular formula is C49H36N6Na6O23S6+6. The second-order valence-corrected chi connectivity index (χ2v) is 25.9. The molecule has 436 valence electrons. The van der Waals surface area contributed by atoms with Crippen LogP contribution in [0.15, 0.2) is 175 Å². The number of carbonyl (C=O) groups excluding carboxylic acids is 5. The quantitative estimate of drug-likeness (QED) is 0.0316. The van der Waals surface area contributed by atoms with Gasteiger partial charge >= 0.3 is 183 Å². The molecule has 8 rings (SSSR count). The zero-order valence-electron chi connectivity index (χ0n) is 47.4. The van der Waals surface area contributed by atoms with Crippen LogP contribution in [0.4, 0.5) is 38.9 Å². The number of benzene rings is 8. The van der Waals surface area contributed by atoms with Crippen molar-refractivity contribution < 1.29 is 279 Å². The molecule has 0 saturated carbocycles.